The molecule has 10 heteroatoms. The van der Waals surface area contributed by atoms with Crippen LogP contribution in [-0.4, -0.2) is 51.8 Å². The Morgan fingerprint density at radius 3 is 2.45 bits per heavy atom. The fourth-order valence-electron chi connectivity index (χ4n) is 4.13. The molecule has 2 aliphatic rings. The van der Waals surface area contributed by atoms with E-state index in [1.165, 1.54) is 12.5 Å². The molecule has 1 unspecified atom stereocenters. The van der Waals surface area contributed by atoms with Crippen molar-refractivity contribution in [3.05, 3.63) is 17.8 Å². The van der Waals surface area contributed by atoms with Crippen molar-refractivity contribution in [3.63, 3.8) is 0 Å². The van der Waals surface area contributed by atoms with Gasteiger partial charge in [0, 0.05) is 6.54 Å². The largest absolute Gasteiger partial charge is 0.444 e. The quantitative estimate of drug-likeness (QED) is 0.710. The van der Waals surface area contributed by atoms with E-state index in [0.29, 0.717) is 18.3 Å². The van der Waals surface area contributed by atoms with Crippen LogP contribution in [0, 0.1) is 5.92 Å². The Hall–Kier alpha value is -2.10. The lowest BCUT2D eigenvalue weighted by atomic mass is 9.77. The molecule has 1 saturated carbocycles. The number of alkyl halides is 3. The van der Waals surface area contributed by atoms with Gasteiger partial charge in [-0.25, -0.2) is 4.79 Å². The summed E-state index contributed by atoms with van der Waals surface area (Å²) in [6.07, 6.45) is -2.06. The van der Waals surface area contributed by atoms with Gasteiger partial charge in [0.05, 0.1) is 12.1 Å². The monoisotopic (exact) mass is 444 g/mol. The third kappa shape index (κ3) is 6.21. The number of aliphatic hydroxyl groups excluding tert-OH is 1. The van der Waals surface area contributed by atoms with Crippen molar-refractivity contribution in [2.24, 2.45) is 5.92 Å². The predicted molar refractivity (Wildman–Crippen MR) is 109 cm³/mol. The SMILES string of the molecule is CC(C)(C)OC(=O)N[C@@H]1CCCN(c2ccc([C@@H](O)C(F)(F)F)nn2)C1CC1CCC1. The molecule has 2 fully saturated rings. The van der Waals surface area contributed by atoms with Crippen LogP contribution in [0.5, 0.6) is 0 Å². The summed E-state index contributed by atoms with van der Waals surface area (Å²) in [5.41, 5.74) is -1.14. The number of rotatable bonds is 5. The van der Waals surface area contributed by atoms with Crippen LogP contribution in [0.15, 0.2) is 12.1 Å². The minimum atomic E-state index is -4.80. The maximum absolute atomic E-state index is 12.8. The lowest BCUT2D eigenvalue weighted by Gasteiger charge is -2.44. The highest BCUT2D eigenvalue weighted by Gasteiger charge is 2.41. The van der Waals surface area contributed by atoms with Gasteiger partial charge in [-0.15, -0.1) is 5.10 Å². The molecule has 2 N–H and O–H groups in total. The Bertz CT molecular complexity index is 748. The number of alkyl carbamates (subject to hydrolysis) is 1. The molecular weight excluding hydrogens is 413 g/mol. The molecule has 31 heavy (non-hydrogen) atoms. The average molecular weight is 444 g/mol. The summed E-state index contributed by atoms with van der Waals surface area (Å²) in [6, 6.07) is 2.40. The van der Waals surface area contributed by atoms with E-state index in [0.717, 1.165) is 38.2 Å². The molecule has 3 atom stereocenters. The zero-order chi connectivity index (χ0) is 22.8. The van der Waals surface area contributed by atoms with Gasteiger partial charge in [0.2, 0.25) is 0 Å². The lowest BCUT2D eigenvalue weighted by molar-refractivity contribution is -0.208. The first-order valence-corrected chi connectivity index (χ1v) is 10.8. The van der Waals surface area contributed by atoms with Gasteiger partial charge in [-0.1, -0.05) is 19.3 Å². The molecule has 0 radical (unpaired) electrons. The highest BCUT2D eigenvalue weighted by molar-refractivity contribution is 5.68. The molecule has 1 amide bonds. The van der Waals surface area contributed by atoms with Gasteiger partial charge in [-0.05, 0) is 58.1 Å². The van der Waals surface area contributed by atoms with E-state index in [1.54, 1.807) is 20.8 Å². The molecule has 0 spiro atoms. The number of hydrogen-bond acceptors (Lipinski definition) is 6. The minimum Gasteiger partial charge on any atom is -0.444 e. The maximum atomic E-state index is 12.8. The number of anilines is 1. The number of nitrogens with zero attached hydrogens (tertiary/aromatic N) is 3. The first-order chi connectivity index (χ1) is 14.4. The first kappa shape index (κ1) is 23.6. The zero-order valence-corrected chi connectivity index (χ0v) is 18.2. The molecule has 174 valence electrons. The summed E-state index contributed by atoms with van der Waals surface area (Å²) in [7, 11) is 0. The molecule has 0 bridgehead atoms. The van der Waals surface area contributed by atoms with E-state index in [9.17, 15) is 23.1 Å². The molecule has 2 heterocycles. The van der Waals surface area contributed by atoms with Crippen LogP contribution in [0.2, 0.25) is 0 Å². The number of aromatic nitrogens is 2. The van der Waals surface area contributed by atoms with Crippen molar-refractivity contribution in [3.8, 4) is 0 Å². The topological polar surface area (TPSA) is 87.6 Å². The standard InChI is InChI=1S/C21H31F3N4O3/c1-20(2,3)31-19(30)25-14-8-5-11-28(16(14)12-13-6-4-7-13)17-10-9-15(26-27-17)18(29)21(22,23)24/h9-10,13-14,16,18,29H,4-8,11-12H2,1-3H3,(H,25,30)/t14-,16?,18-/m1/s1. The van der Waals surface area contributed by atoms with Crippen molar-refractivity contribution in [2.45, 2.75) is 89.3 Å². The second kappa shape index (κ2) is 9.18. The Morgan fingerprint density at radius 2 is 1.94 bits per heavy atom. The minimum absolute atomic E-state index is 0.0562. The fraction of sp³-hybridized carbons (Fsp3) is 0.762. The average Bonchev–Trinajstić information content (AvgIpc) is 2.62. The Balaban J connectivity index is 1.77. The Labute approximate surface area is 180 Å². The number of hydrogen-bond donors (Lipinski definition) is 2. The molecule has 3 rings (SSSR count). The Kier molecular flexibility index (Phi) is 6.98. The number of carbonyl (C=O) groups is 1. The lowest BCUT2D eigenvalue weighted by Crippen LogP contribution is -2.57. The van der Waals surface area contributed by atoms with Crippen molar-refractivity contribution in [1.29, 1.82) is 0 Å². The van der Waals surface area contributed by atoms with Crippen molar-refractivity contribution >= 4 is 11.9 Å². The molecule has 1 aromatic rings. The third-order valence-electron chi connectivity index (χ3n) is 5.84. The van der Waals surface area contributed by atoms with E-state index in [2.05, 4.69) is 15.5 Å². The van der Waals surface area contributed by atoms with Gasteiger partial charge in [0.15, 0.2) is 11.9 Å². The van der Waals surface area contributed by atoms with Crippen LogP contribution in [0.25, 0.3) is 0 Å². The summed E-state index contributed by atoms with van der Waals surface area (Å²) < 4.78 is 43.7. The number of piperidine rings is 1. The predicted octanol–water partition coefficient (Wildman–Crippen LogP) is 4.12. The molecule has 1 aromatic heterocycles. The number of amides is 1. The molecule has 0 aromatic carbocycles. The van der Waals surface area contributed by atoms with Crippen LogP contribution >= 0.6 is 0 Å². The summed E-state index contributed by atoms with van der Waals surface area (Å²) in [5, 5.41) is 20.0. The fourth-order valence-corrected chi connectivity index (χ4v) is 4.13. The number of halogens is 3. The van der Waals surface area contributed by atoms with E-state index < -0.39 is 29.7 Å². The van der Waals surface area contributed by atoms with Gasteiger partial charge in [-0.3, -0.25) is 0 Å². The van der Waals surface area contributed by atoms with Crippen LogP contribution in [-0.2, 0) is 4.74 Å². The number of carbonyl (C=O) groups excluding carboxylic acids is 1. The smallest absolute Gasteiger partial charge is 0.420 e. The van der Waals surface area contributed by atoms with E-state index in [4.69, 9.17) is 4.74 Å². The molecule has 7 nitrogen and oxygen atoms in total. The second-order valence-corrected chi connectivity index (χ2v) is 9.45. The summed E-state index contributed by atoms with van der Waals surface area (Å²) >= 11 is 0. The van der Waals surface area contributed by atoms with Gasteiger partial charge >= 0.3 is 12.3 Å². The highest BCUT2D eigenvalue weighted by Crippen LogP contribution is 2.36. The number of nitrogens with one attached hydrogen (secondary N) is 1. The Morgan fingerprint density at radius 1 is 1.23 bits per heavy atom. The van der Waals surface area contributed by atoms with E-state index >= 15 is 0 Å². The van der Waals surface area contributed by atoms with Crippen LogP contribution in [0.3, 0.4) is 0 Å². The third-order valence-corrected chi connectivity index (χ3v) is 5.84. The van der Waals surface area contributed by atoms with E-state index in [1.807, 2.05) is 4.90 Å². The molecule has 1 aliphatic heterocycles. The van der Waals surface area contributed by atoms with Gasteiger partial charge < -0.3 is 20.1 Å². The highest BCUT2D eigenvalue weighted by atomic mass is 19.4. The summed E-state index contributed by atoms with van der Waals surface area (Å²) in [5.74, 6) is 0.992. The number of aliphatic hydroxyl groups is 1. The zero-order valence-electron chi connectivity index (χ0n) is 18.2. The van der Waals surface area contributed by atoms with Crippen molar-refractivity contribution in [1.82, 2.24) is 15.5 Å². The second-order valence-electron chi connectivity index (χ2n) is 9.45. The summed E-state index contributed by atoms with van der Waals surface area (Å²) in [6.45, 7) is 6.08. The number of ether oxygens (including phenoxy) is 1. The van der Waals surface area contributed by atoms with Gasteiger partial charge in [-0.2, -0.15) is 18.3 Å². The van der Waals surface area contributed by atoms with Crippen molar-refractivity contribution in [2.75, 3.05) is 11.4 Å². The van der Waals surface area contributed by atoms with E-state index in [-0.39, 0.29) is 12.1 Å². The first-order valence-electron chi connectivity index (χ1n) is 10.8. The van der Waals surface area contributed by atoms with Crippen molar-refractivity contribution < 1.29 is 27.8 Å². The van der Waals surface area contributed by atoms with Crippen LogP contribution in [0.4, 0.5) is 23.8 Å². The molecule has 1 saturated heterocycles. The normalized spacial score (nSPS) is 23.8. The summed E-state index contributed by atoms with van der Waals surface area (Å²) in [4.78, 5) is 14.4. The van der Waals surface area contributed by atoms with Gasteiger partial charge in [0.1, 0.15) is 11.3 Å². The molecular formula is C21H31F3N4O3. The van der Waals surface area contributed by atoms with Crippen LogP contribution in [0.1, 0.15) is 71.1 Å². The van der Waals surface area contributed by atoms with Gasteiger partial charge in [0.25, 0.3) is 0 Å². The maximum Gasteiger partial charge on any atom is 0.420 e. The molecule has 1 aliphatic carbocycles. The van der Waals surface area contributed by atoms with Crippen LogP contribution < -0.4 is 10.2 Å².